The third kappa shape index (κ3) is 3.81. The van der Waals surface area contributed by atoms with Gasteiger partial charge in [-0.2, -0.15) is 0 Å². The number of carbonyl (C=O) groups excluding carboxylic acids is 1. The van der Waals surface area contributed by atoms with E-state index in [-0.39, 0.29) is 30.3 Å². The molecule has 0 spiro atoms. The van der Waals surface area contributed by atoms with Crippen LogP contribution in [0.5, 0.6) is 0 Å². The molecular formula is C19H21Cl2N3O. The Morgan fingerprint density at radius 2 is 2.08 bits per heavy atom. The zero-order valence-electron chi connectivity index (χ0n) is 13.8. The van der Waals surface area contributed by atoms with Crippen molar-refractivity contribution in [2.75, 3.05) is 19.6 Å². The van der Waals surface area contributed by atoms with Crippen LogP contribution in [-0.2, 0) is 4.79 Å². The maximum Gasteiger partial charge on any atom is 0.226 e. The van der Waals surface area contributed by atoms with Gasteiger partial charge in [-0.3, -0.25) is 9.78 Å². The number of benzene rings is 1. The normalized spacial score (nSPS) is 25.2. The van der Waals surface area contributed by atoms with E-state index in [1.165, 1.54) is 5.56 Å². The number of carbonyl (C=O) groups is 1. The van der Waals surface area contributed by atoms with Gasteiger partial charge in [0.05, 0.1) is 6.04 Å². The number of hydrogen-bond donors (Lipinski definition) is 1. The van der Waals surface area contributed by atoms with Crippen LogP contribution in [0.15, 0.2) is 48.8 Å². The average molecular weight is 378 g/mol. The summed E-state index contributed by atoms with van der Waals surface area (Å²) in [6, 6.07) is 11.9. The van der Waals surface area contributed by atoms with Crippen molar-refractivity contribution < 1.29 is 4.79 Å². The Bertz CT molecular complexity index is 740. The number of nitrogens with zero attached hydrogens (tertiary/aromatic N) is 2. The number of hydrogen-bond acceptors (Lipinski definition) is 3. The molecule has 2 heterocycles. The molecule has 0 bridgehead atoms. The van der Waals surface area contributed by atoms with E-state index >= 15 is 0 Å². The van der Waals surface area contributed by atoms with Crippen molar-refractivity contribution in [2.45, 2.75) is 18.4 Å². The van der Waals surface area contributed by atoms with Crippen LogP contribution in [-0.4, -0.2) is 35.4 Å². The number of halogens is 2. The summed E-state index contributed by atoms with van der Waals surface area (Å²) < 4.78 is 0. The Hall–Kier alpha value is -1.62. The van der Waals surface area contributed by atoms with Gasteiger partial charge >= 0.3 is 0 Å². The molecule has 4 nitrogen and oxygen atoms in total. The standard InChI is InChI=1S/C19H20ClN3O.ClH/c20-15-5-1-3-13(9-15)16-10-17(16)19(24)23-8-7-22-12-18(23)14-4-2-6-21-11-14;/h1-6,9,11,16-18,22H,7-8,10,12H2;1H. The van der Waals surface area contributed by atoms with E-state index in [2.05, 4.69) is 16.4 Å². The number of amides is 1. The molecule has 132 valence electrons. The lowest BCUT2D eigenvalue weighted by Gasteiger charge is -2.36. The van der Waals surface area contributed by atoms with Crippen molar-refractivity contribution in [3.05, 3.63) is 64.9 Å². The van der Waals surface area contributed by atoms with E-state index in [1.807, 2.05) is 41.4 Å². The molecule has 1 aromatic carbocycles. The third-order valence-electron chi connectivity index (χ3n) is 4.98. The number of nitrogens with one attached hydrogen (secondary N) is 1. The molecule has 1 aliphatic heterocycles. The van der Waals surface area contributed by atoms with Crippen molar-refractivity contribution in [3.63, 3.8) is 0 Å². The number of piperazine rings is 1. The molecule has 1 aromatic heterocycles. The molecule has 2 aliphatic rings. The zero-order chi connectivity index (χ0) is 16.5. The van der Waals surface area contributed by atoms with Crippen LogP contribution in [0.25, 0.3) is 0 Å². The van der Waals surface area contributed by atoms with Crippen LogP contribution < -0.4 is 5.32 Å². The van der Waals surface area contributed by atoms with Gasteiger partial charge in [0, 0.05) is 43.0 Å². The Kier molecular flexibility index (Phi) is 5.62. The summed E-state index contributed by atoms with van der Waals surface area (Å²) in [7, 11) is 0. The molecule has 0 radical (unpaired) electrons. The first-order valence-electron chi connectivity index (χ1n) is 8.40. The summed E-state index contributed by atoms with van der Waals surface area (Å²) in [6.45, 7) is 2.38. The smallest absolute Gasteiger partial charge is 0.226 e. The maximum atomic E-state index is 13.1. The third-order valence-corrected chi connectivity index (χ3v) is 5.22. The number of aromatic nitrogens is 1. The van der Waals surface area contributed by atoms with Crippen molar-refractivity contribution >= 4 is 29.9 Å². The van der Waals surface area contributed by atoms with Gasteiger partial charge in [-0.1, -0.05) is 29.8 Å². The van der Waals surface area contributed by atoms with Gasteiger partial charge in [-0.25, -0.2) is 0 Å². The van der Waals surface area contributed by atoms with E-state index in [0.717, 1.165) is 36.6 Å². The van der Waals surface area contributed by atoms with E-state index in [1.54, 1.807) is 6.20 Å². The van der Waals surface area contributed by atoms with Crippen LogP contribution in [0.3, 0.4) is 0 Å². The second kappa shape index (κ2) is 7.73. The monoisotopic (exact) mass is 377 g/mol. The van der Waals surface area contributed by atoms with Crippen LogP contribution in [0.2, 0.25) is 5.02 Å². The molecular weight excluding hydrogens is 357 g/mol. The summed E-state index contributed by atoms with van der Waals surface area (Å²) in [5.41, 5.74) is 2.27. The second-order valence-corrected chi connectivity index (χ2v) is 6.98. The lowest BCUT2D eigenvalue weighted by molar-refractivity contribution is -0.136. The molecule has 1 saturated carbocycles. The predicted molar refractivity (Wildman–Crippen MR) is 101 cm³/mol. The zero-order valence-corrected chi connectivity index (χ0v) is 15.3. The first-order chi connectivity index (χ1) is 11.7. The minimum Gasteiger partial charge on any atom is -0.333 e. The molecule has 1 aliphatic carbocycles. The average Bonchev–Trinajstić information content (AvgIpc) is 3.43. The van der Waals surface area contributed by atoms with Crippen LogP contribution >= 0.6 is 24.0 Å². The fraction of sp³-hybridized carbons (Fsp3) is 0.368. The van der Waals surface area contributed by atoms with Gasteiger partial charge in [0.25, 0.3) is 0 Å². The fourth-order valence-corrected chi connectivity index (χ4v) is 3.82. The SMILES string of the molecule is Cl.O=C(C1CC1c1cccc(Cl)c1)N1CCNCC1c1cccnc1. The van der Waals surface area contributed by atoms with E-state index in [4.69, 9.17) is 11.6 Å². The molecule has 1 N–H and O–H groups in total. The fourth-order valence-electron chi connectivity index (χ4n) is 3.63. The van der Waals surface area contributed by atoms with Gasteiger partial charge in [0.1, 0.15) is 0 Å². The van der Waals surface area contributed by atoms with Gasteiger partial charge in [0.2, 0.25) is 5.91 Å². The highest BCUT2D eigenvalue weighted by atomic mass is 35.5. The Morgan fingerprint density at radius 3 is 2.84 bits per heavy atom. The number of rotatable bonds is 3. The van der Waals surface area contributed by atoms with Crippen molar-refractivity contribution in [3.8, 4) is 0 Å². The number of pyridine rings is 1. The topological polar surface area (TPSA) is 45.2 Å². The van der Waals surface area contributed by atoms with Crippen molar-refractivity contribution in [1.29, 1.82) is 0 Å². The summed E-state index contributed by atoms with van der Waals surface area (Å²) >= 11 is 6.09. The highest BCUT2D eigenvalue weighted by Crippen LogP contribution is 2.49. The summed E-state index contributed by atoms with van der Waals surface area (Å²) in [4.78, 5) is 19.3. The lowest BCUT2D eigenvalue weighted by atomic mass is 10.0. The highest BCUT2D eigenvalue weighted by molar-refractivity contribution is 6.30. The van der Waals surface area contributed by atoms with Crippen molar-refractivity contribution in [2.24, 2.45) is 5.92 Å². The van der Waals surface area contributed by atoms with Crippen LogP contribution in [0.4, 0.5) is 0 Å². The lowest BCUT2D eigenvalue weighted by Crippen LogP contribution is -2.49. The Balaban J connectivity index is 0.00000182. The van der Waals surface area contributed by atoms with Crippen molar-refractivity contribution in [1.82, 2.24) is 15.2 Å². The summed E-state index contributed by atoms with van der Waals surface area (Å²) in [5.74, 6) is 0.650. The highest BCUT2D eigenvalue weighted by Gasteiger charge is 2.47. The first-order valence-corrected chi connectivity index (χ1v) is 8.78. The molecule has 3 unspecified atom stereocenters. The van der Waals surface area contributed by atoms with Gasteiger partial charge in [-0.15, -0.1) is 12.4 Å². The first kappa shape index (κ1) is 18.2. The quantitative estimate of drug-likeness (QED) is 0.890. The van der Waals surface area contributed by atoms with Crippen LogP contribution in [0, 0.1) is 5.92 Å². The molecule has 1 amide bonds. The molecule has 4 rings (SSSR count). The van der Waals surface area contributed by atoms with E-state index in [0.29, 0.717) is 5.92 Å². The van der Waals surface area contributed by atoms with Gasteiger partial charge < -0.3 is 10.2 Å². The van der Waals surface area contributed by atoms with Crippen LogP contribution in [0.1, 0.15) is 29.5 Å². The van der Waals surface area contributed by atoms with E-state index < -0.39 is 0 Å². The minimum atomic E-state index is 0. The van der Waals surface area contributed by atoms with Gasteiger partial charge in [-0.05, 0) is 41.7 Å². The molecule has 3 atom stereocenters. The Labute approximate surface area is 159 Å². The predicted octanol–water partition coefficient (Wildman–Crippen LogP) is 3.43. The largest absolute Gasteiger partial charge is 0.333 e. The second-order valence-electron chi connectivity index (χ2n) is 6.54. The Morgan fingerprint density at radius 1 is 1.24 bits per heavy atom. The maximum absolute atomic E-state index is 13.1. The van der Waals surface area contributed by atoms with Gasteiger partial charge in [0.15, 0.2) is 0 Å². The molecule has 2 aromatic rings. The minimum absolute atomic E-state index is 0. The summed E-state index contributed by atoms with van der Waals surface area (Å²) in [5, 5.41) is 4.13. The van der Waals surface area contributed by atoms with E-state index in [9.17, 15) is 4.79 Å². The molecule has 6 heteroatoms. The molecule has 2 fully saturated rings. The summed E-state index contributed by atoms with van der Waals surface area (Å²) in [6.07, 6.45) is 4.55. The molecule has 25 heavy (non-hydrogen) atoms. The molecule has 1 saturated heterocycles.